The Morgan fingerprint density at radius 1 is 1.18 bits per heavy atom. The van der Waals surface area contributed by atoms with E-state index in [0.29, 0.717) is 24.7 Å². The van der Waals surface area contributed by atoms with Crippen LogP contribution < -0.4 is 10.6 Å². The summed E-state index contributed by atoms with van der Waals surface area (Å²) in [6, 6.07) is 8.42. The highest BCUT2D eigenvalue weighted by molar-refractivity contribution is 5.85. The molecule has 1 aromatic carbocycles. The predicted molar refractivity (Wildman–Crippen MR) is 113 cm³/mol. The maximum atomic E-state index is 6.65. The number of rotatable bonds is 5. The topological polar surface area (TPSA) is 77.4 Å². The summed E-state index contributed by atoms with van der Waals surface area (Å²) in [5.74, 6) is 1.09. The first kappa shape index (κ1) is 21.1. The van der Waals surface area contributed by atoms with Crippen LogP contribution in [-0.2, 0) is 10.3 Å². The summed E-state index contributed by atoms with van der Waals surface area (Å²) in [6.07, 6.45) is 4.69. The number of piperidine rings is 1. The van der Waals surface area contributed by atoms with E-state index in [0.717, 1.165) is 18.7 Å². The van der Waals surface area contributed by atoms with E-state index >= 15 is 0 Å². The van der Waals surface area contributed by atoms with Gasteiger partial charge in [0.1, 0.15) is 5.54 Å². The van der Waals surface area contributed by atoms with E-state index in [1.54, 1.807) is 0 Å². The van der Waals surface area contributed by atoms with Crippen molar-refractivity contribution in [2.45, 2.75) is 58.1 Å². The average molecular weight is 407 g/mol. The number of nitrogens with zero attached hydrogens (tertiary/aromatic N) is 3. The molecule has 2 aliphatic rings. The summed E-state index contributed by atoms with van der Waals surface area (Å²) >= 11 is 0. The van der Waals surface area contributed by atoms with Gasteiger partial charge in [-0.05, 0) is 50.5 Å². The Kier molecular flexibility index (Phi) is 6.03. The first-order valence-corrected chi connectivity index (χ1v) is 10.1. The minimum atomic E-state index is -0.647. The Morgan fingerprint density at radius 3 is 2.46 bits per heavy atom. The number of halogens is 1. The molecule has 6 nitrogen and oxygen atoms in total. The van der Waals surface area contributed by atoms with E-state index in [1.165, 1.54) is 24.9 Å². The van der Waals surface area contributed by atoms with Crippen LogP contribution in [0.2, 0.25) is 0 Å². The van der Waals surface area contributed by atoms with Crippen LogP contribution in [0.1, 0.15) is 52.3 Å². The number of hydrogen-bond donors (Lipinski definition) is 1. The summed E-state index contributed by atoms with van der Waals surface area (Å²) in [5, 5.41) is 4.19. The quantitative estimate of drug-likeness (QED) is 0.804. The van der Waals surface area contributed by atoms with Gasteiger partial charge in [-0.15, -0.1) is 12.4 Å². The Labute approximate surface area is 173 Å². The Bertz CT molecular complexity index is 786. The highest BCUT2D eigenvalue weighted by Crippen LogP contribution is 2.55. The summed E-state index contributed by atoms with van der Waals surface area (Å²) in [6.45, 7) is 9.17. The fourth-order valence-electron chi connectivity index (χ4n) is 4.29. The van der Waals surface area contributed by atoms with Crippen molar-refractivity contribution in [2.24, 2.45) is 11.1 Å². The monoisotopic (exact) mass is 406 g/mol. The zero-order valence-electron chi connectivity index (χ0n) is 17.0. The van der Waals surface area contributed by atoms with Gasteiger partial charge in [-0.3, -0.25) is 0 Å². The smallest absolute Gasteiger partial charge is 0.247 e. The van der Waals surface area contributed by atoms with Gasteiger partial charge >= 0.3 is 0 Å². The molecular formula is C21H31ClN4O2. The first-order chi connectivity index (χ1) is 13.0. The van der Waals surface area contributed by atoms with E-state index in [4.69, 9.17) is 15.0 Å². The largest absolute Gasteiger partial charge is 0.378 e. The third kappa shape index (κ3) is 3.42. The first-order valence-electron chi connectivity index (χ1n) is 10.1. The van der Waals surface area contributed by atoms with E-state index in [1.807, 2.05) is 6.92 Å². The molecule has 2 unspecified atom stereocenters. The van der Waals surface area contributed by atoms with Gasteiger partial charge in [-0.1, -0.05) is 19.0 Å². The highest BCUT2D eigenvalue weighted by Gasteiger charge is 2.62. The average Bonchev–Trinajstić information content (AvgIpc) is 3.19. The molecule has 2 fully saturated rings. The molecule has 0 bridgehead atoms. The van der Waals surface area contributed by atoms with Gasteiger partial charge in [0.15, 0.2) is 0 Å². The molecule has 2 atom stereocenters. The second kappa shape index (κ2) is 8.01. The molecule has 4 rings (SSSR count). The third-order valence-electron chi connectivity index (χ3n) is 6.48. The number of benzene rings is 1. The SMILES string of the molecule is CCOC1CC(N)(c2nc(-c3ccc(N4CCCCC4)cc3)no2)C1(C)C.Cl. The van der Waals surface area contributed by atoms with Crippen molar-refractivity contribution in [3.05, 3.63) is 30.2 Å². The fraction of sp³-hybridized carbons (Fsp3) is 0.619. The maximum Gasteiger partial charge on any atom is 0.247 e. The molecule has 154 valence electrons. The lowest BCUT2D eigenvalue weighted by Crippen LogP contribution is -2.67. The van der Waals surface area contributed by atoms with Crippen LogP contribution in [0.3, 0.4) is 0 Å². The highest BCUT2D eigenvalue weighted by atomic mass is 35.5. The molecule has 1 aliphatic heterocycles. The number of anilines is 1. The van der Waals surface area contributed by atoms with Gasteiger partial charge in [-0.2, -0.15) is 4.98 Å². The van der Waals surface area contributed by atoms with E-state index in [-0.39, 0.29) is 23.9 Å². The molecule has 0 radical (unpaired) electrons. The van der Waals surface area contributed by atoms with Crippen LogP contribution in [0.5, 0.6) is 0 Å². The molecule has 1 aromatic heterocycles. The molecule has 1 saturated heterocycles. The van der Waals surface area contributed by atoms with E-state index < -0.39 is 5.54 Å². The molecule has 1 saturated carbocycles. The van der Waals surface area contributed by atoms with E-state index in [9.17, 15) is 0 Å². The minimum Gasteiger partial charge on any atom is -0.378 e. The lowest BCUT2D eigenvalue weighted by Gasteiger charge is -2.56. The third-order valence-corrected chi connectivity index (χ3v) is 6.48. The van der Waals surface area contributed by atoms with Crippen molar-refractivity contribution in [2.75, 3.05) is 24.6 Å². The van der Waals surface area contributed by atoms with Crippen LogP contribution in [0.25, 0.3) is 11.4 Å². The molecule has 2 heterocycles. The molecule has 28 heavy (non-hydrogen) atoms. The van der Waals surface area contributed by atoms with Crippen molar-refractivity contribution in [1.82, 2.24) is 10.1 Å². The van der Waals surface area contributed by atoms with Crippen LogP contribution in [0, 0.1) is 5.41 Å². The summed E-state index contributed by atoms with van der Waals surface area (Å²) in [5.41, 5.74) is 7.97. The minimum absolute atomic E-state index is 0. The van der Waals surface area contributed by atoms with Crippen molar-refractivity contribution in [3.8, 4) is 11.4 Å². The Morgan fingerprint density at radius 2 is 1.86 bits per heavy atom. The van der Waals surface area contributed by atoms with Gasteiger partial charge in [0.25, 0.3) is 0 Å². The number of ether oxygens (including phenoxy) is 1. The molecule has 0 amide bonds. The van der Waals surface area contributed by atoms with Crippen LogP contribution in [0.15, 0.2) is 28.8 Å². The molecule has 7 heteroatoms. The number of aromatic nitrogens is 2. The van der Waals surface area contributed by atoms with Crippen molar-refractivity contribution in [3.63, 3.8) is 0 Å². The molecule has 2 aromatic rings. The van der Waals surface area contributed by atoms with Gasteiger partial charge in [0.05, 0.1) is 6.10 Å². The molecule has 2 N–H and O–H groups in total. The number of hydrogen-bond acceptors (Lipinski definition) is 6. The Hall–Kier alpha value is -1.63. The lowest BCUT2D eigenvalue weighted by molar-refractivity contribution is -0.162. The molecule has 1 aliphatic carbocycles. The molecular weight excluding hydrogens is 376 g/mol. The predicted octanol–water partition coefficient (Wildman–Crippen LogP) is 4.14. The summed E-state index contributed by atoms with van der Waals surface area (Å²) in [4.78, 5) is 7.07. The Balaban J connectivity index is 0.00000225. The van der Waals surface area contributed by atoms with Crippen LogP contribution in [0.4, 0.5) is 5.69 Å². The zero-order valence-corrected chi connectivity index (χ0v) is 17.8. The standard InChI is InChI=1S/C21H30N4O2.ClH/c1-4-26-17-14-21(22,20(17,2)3)19-23-18(24-27-19)15-8-10-16(11-9-15)25-12-6-5-7-13-25;/h8-11,17H,4-7,12-14,22H2,1-3H3;1H. The second-order valence-electron chi connectivity index (χ2n) is 8.36. The van der Waals surface area contributed by atoms with Crippen LogP contribution in [-0.4, -0.2) is 35.9 Å². The van der Waals surface area contributed by atoms with Crippen molar-refractivity contribution >= 4 is 18.1 Å². The zero-order chi connectivity index (χ0) is 19.1. The fourth-order valence-corrected chi connectivity index (χ4v) is 4.29. The summed E-state index contributed by atoms with van der Waals surface area (Å²) < 4.78 is 11.4. The van der Waals surface area contributed by atoms with Crippen molar-refractivity contribution in [1.29, 1.82) is 0 Å². The summed E-state index contributed by atoms with van der Waals surface area (Å²) in [7, 11) is 0. The van der Waals surface area contributed by atoms with Gasteiger partial charge in [0, 0.05) is 42.8 Å². The van der Waals surface area contributed by atoms with Gasteiger partial charge in [0.2, 0.25) is 11.7 Å². The number of nitrogens with two attached hydrogens (primary N) is 1. The second-order valence-corrected chi connectivity index (χ2v) is 8.36. The van der Waals surface area contributed by atoms with E-state index in [2.05, 4.69) is 53.2 Å². The lowest BCUT2D eigenvalue weighted by atomic mass is 9.54. The van der Waals surface area contributed by atoms with Crippen molar-refractivity contribution < 1.29 is 9.26 Å². The van der Waals surface area contributed by atoms with Crippen LogP contribution >= 0.6 is 12.4 Å². The normalized spacial score (nSPS) is 26.4. The van der Waals surface area contributed by atoms with Gasteiger partial charge < -0.3 is 19.9 Å². The molecule has 0 spiro atoms. The van der Waals surface area contributed by atoms with Gasteiger partial charge in [-0.25, -0.2) is 0 Å². The maximum absolute atomic E-state index is 6.65.